The molecule has 2 aromatic rings. The number of nitrogens with one attached hydrogen (secondary N) is 1. The molecular formula is C16H16BrNO2. The zero-order valence-corrected chi connectivity index (χ0v) is 12.8. The van der Waals surface area contributed by atoms with Crippen LogP contribution in [-0.2, 0) is 6.54 Å². The molecule has 20 heavy (non-hydrogen) atoms. The van der Waals surface area contributed by atoms with Crippen LogP contribution in [0, 0.1) is 0 Å². The van der Waals surface area contributed by atoms with Crippen molar-refractivity contribution in [2.75, 3.05) is 6.79 Å². The monoisotopic (exact) mass is 333 g/mol. The van der Waals surface area contributed by atoms with Gasteiger partial charge in [-0.15, -0.1) is 0 Å². The largest absolute Gasteiger partial charge is 0.454 e. The minimum absolute atomic E-state index is 0.300. The molecule has 1 aliphatic rings. The fraction of sp³-hybridized carbons (Fsp3) is 0.250. The van der Waals surface area contributed by atoms with E-state index < -0.39 is 0 Å². The lowest BCUT2D eigenvalue weighted by molar-refractivity contribution is 0.174. The van der Waals surface area contributed by atoms with E-state index in [2.05, 4.69) is 58.5 Å². The van der Waals surface area contributed by atoms with Crippen LogP contribution in [0.5, 0.6) is 11.5 Å². The van der Waals surface area contributed by atoms with Crippen LogP contribution >= 0.6 is 15.9 Å². The van der Waals surface area contributed by atoms with E-state index in [-0.39, 0.29) is 0 Å². The van der Waals surface area contributed by atoms with Crippen molar-refractivity contribution in [3.8, 4) is 11.5 Å². The SMILES string of the molecule is C[C@@H](NCc1ccc2c(c1)OCO2)c1ccc(Br)cc1. The number of ether oxygens (including phenoxy) is 2. The van der Waals surface area contributed by atoms with Crippen molar-refractivity contribution in [1.82, 2.24) is 5.32 Å². The summed E-state index contributed by atoms with van der Waals surface area (Å²) >= 11 is 3.45. The summed E-state index contributed by atoms with van der Waals surface area (Å²) in [5, 5.41) is 3.51. The molecule has 0 saturated heterocycles. The Morgan fingerprint density at radius 3 is 2.65 bits per heavy atom. The summed E-state index contributed by atoms with van der Waals surface area (Å²) in [6, 6.07) is 14.7. The molecule has 4 heteroatoms. The molecular weight excluding hydrogens is 318 g/mol. The van der Waals surface area contributed by atoms with Crippen LogP contribution in [-0.4, -0.2) is 6.79 Å². The van der Waals surface area contributed by atoms with Crippen LogP contribution in [0.25, 0.3) is 0 Å². The van der Waals surface area contributed by atoms with Crippen LogP contribution in [0.4, 0.5) is 0 Å². The minimum Gasteiger partial charge on any atom is -0.454 e. The molecule has 0 bridgehead atoms. The lowest BCUT2D eigenvalue weighted by Gasteiger charge is -2.14. The van der Waals surface area contributed by atoms with Crippen molar-refractivity contribution in [2.24, 2.45) is 0 Å². The maximum atomic E-state index is 5.39. The molecule has 3 rings (SSSR count). The molecule has 1 N–H and O–H groups in total. The average Bonchev–Trinajstić information content (AvgIpc) is 2.93. The van der Waals surface area contributed by atoms with Gasteiger partial charge in [0.15, 0.2) is 11.5 Å². The number of fused-ring (bicyclic) bond motifs is 1. The Labute approximate surface area is 127 Å². The molecule has 1 atom stereocenters. The van der Waals surface area contributed by atoms with E-state index in [1.165, 1.54) is 11.1 Å². The molecule has 2 aromatic carbocycles. The van der Waals surface area contributed by atoms with Gasteiger partial charge in [-0.25, -0.2) is 0 Å². The summed E-state index contributed by atoms with van der Waals surface area (Å²) in [5.74, 6) is 1.66. The summed E-state index contributed by atoms with van der Waals surface area (Å²) in [6.07, 6.45) is 0. The lowest BCUT2D eigenvalue weighted by Crippen LogP contribution is -2.17. The number of halogens is 1. The highest BCUT2D eigenvalue weighted by atomic mass is 79.9. The third kappa shape index (κ3) is 2.97. The van der Waals surface area contributed by atoms with Gasteiger partial charge in [0.2, 0.25) is 6.79 Å². The number of rotatable bonds is 4. The van der Waals surface area contributed by atoms with Gasteiger partial charge >= 0.3 is 0 Å². The van der Waals surface area contributed by atoms with Gasteiger partial charge in [-0.3, -0.25) is 0 Å². The Morgan fingerprint density at radius 2 is 1.85 bits per heavy atom. The third-order valence-electron chi connectivity index (χ3n) is 3.42. The molecule has 0 unspecified atom stereocenters. The van der Waals surface area contributed by atoms with E-state index in [0.29, 0.717) is 12.8 Å². The predicted octanol–water partition coefficient (Wildman–Crippen LogP) is 4.03. The fourth-order valence-electron chi connectivity index (χ4n) is 2.19. The van der Waals surface area contributed by atoms with Gasteiger partial charge in [0.25, 0.3) is 0 Å². The molecule has 0 amide bonds. The van der Waals surface area contributed by atoms with Crippen LogP contribution in [0.1, 0.15) is 24.1 Å². The zero-order valence-electron chi connectivity index (χ0n) is 11.2. The zero-order chi connectivity index (χ0) is 13.9. The molecule has 104 valence electrons. The smallest absolute Gasteiger partial charge is 0.231 e. The van der Waals surface area contributed by atoms with Gasteiger partial charge in [-0.2, -0.15) is 0 Å². The van der Waals surface area contributed by atoms with Gasteiger partial charge in [-0.05, 0) is 42.3 Å². The first kappa shape index (κ1) is 13.5. The van der Waals surface area contributed by atoms with Gasteiger partial charge < -0.3 is 14.8 Å². The maximum absolute atomic E-state index is 5.39. The highest BCUT2D eigenvalue weighted by molar-refractivity contribution is 9.10. The van der Waals surface area contributed by atoms with Gasteiger partial charge in [0, 0.05) is 17.1 Å². The topological polar surface area (TPSA) is 30.5 Å². The van der Waals surface area contributed by atoms with Crippen molar-refractivity contribution in [3.63, 3.8) is 0 Å². The van der Waals surface area contributed by atoms with Crippen LogP contribution in [0.2, 0.25) is 0 Å². The lowest BCUT2D eigenvalue weighted by atomic mass is 10.1. The van der Waals surface area contributed by atoms with E-state index in [1.54, 1.807) is 0 Å². The second-order valence-corrected chi connectivity index (χ2v) is 5.76. The quantitative estimate of drug-likeness (QED) is 0.916. The second-order valence-electron chi connectivity index (χ2n) is 4.84. The van der Waals surface area contributed by atoms with Crippen molar-refractivity contribution in [1.29, 1.82) is 0 Å². The Bertz CT molecular complexity index is 598. The third-order valence-corrected chi connectivity index (χ3v) is 3.95. The first-order valence-electron chi connectivity index (χ1n) is 6.60. The average molecular weight is 334 g/mol. The normalized spacial score (nSPS) is 14.3. The van der Waals surface area contributed by atoms with Crippen molar-refractivity contribution >= 4 is 15.9 Å². The van der Waals surface area contributed by atoms with Crippen molar-refractivity contribution < 1.29 is 9.47 Å². The maximum Gasteiger partial charge on any atom is 0.231 e. The van der Waals surface area contributed by atoms with Crippen molar-refractivity contribution in [3.05, 3.63) is 58.1 Å². The van der Waals surface area contributed by atoms with Gasteiger partial charge in [-0.1, -0.05) is 34.1 Å². The van der Waals surface area contributed by atoms with E-state index in [4.69, 9.17) is 9.47 Å². The molecule has 0 spiro atoms. The molecule has 0 fully saturated rings. The molecule has 1 heterocycles. The highest BCUT2D eigenvalue weighted by Gasteiger charge is 2.13. The van der Waals surface area contributed by atoms with Crippen molar-refractivity contribution in [2.45, 2.75) is 19.5 Å². The Kier molecular flexibility index (Phi) is 3.94. The number of benzene rings is 2. The number of hydrogen-bond acceptors (Lipinski definition) is 3. The summed E-state index contributed by atoms with van der Waals surface area (Å²) in [7, 11) is 0. The summed E-state index contributed by atoms with van der Waals surface area (Å²) < 4.78 is 11.8. The number of hydrogen-bond donors (Lipinski definition) is 1. The van der Waals surface area contributed by atoms with E-state index in [1.807, 2.05) is 12.1 Å². The van der Waals surface area contributed by atoms with Gasteiger partial charge in [0.1, 0.15) is 0 Å². The van der Waals surface area contributed by atoms with Crippen LogP contribution < -0.4 is 14.8 Å². The molecule has 3 nitrogen and oxygen atoms in total. The Morgan fingerprint density at radius 1 is 1.10 bits per heavy atom. The molecule has 0 aliphatic carbocycles. The van der Waals surface area contributed by atoms with Gasteiger partial charge in [0.05, 0.1) is 0 Å². The van der Waals surface area contributed by atoms with Crippen LogP contribution in [0.3, 0.4) is 0 Å². The van der Waals surface area contributed by atoms with Crippen LogP contribution in [0.15, 0.2) is 46.9 Å². The van der Waals surface area contributed by atoms with E-state index in [0.717, 1.165) is 22.5 Å². The molecule has 1 aliphatic heterocycles. The van der Waals surface area contributed by atoms with E-state index >= 15 is 0 Å². The van der Waals surface area contributed by atoms with E-state index in [9.17, 15) is 0 Å². The fourth-order valence-corrected chi connectivity index (χ4v) is 2.46. The summed E-state index contributed by atoms with van der Waals surface area (Å²) in [5.41, 5.74) is 2.46. The molecule has 0 radical (unpaired) electrons. The Hall–Kier alpha value is -1.52. The first-order chi connectivity index (χ1) is 9.72. The summed E-state index contributed by atoms with van der Waals surface area (Å²) in [6.45, 7) is 3.28. The highest BCUT2D eigenvalue weighted by Crippen LogP contribution is 2.32. The molecule has 0 aromatic heterocycles. The standard InChI is InChI=1S/C16H16BrNO2/c1-11(13-3-5-14(17)6-4-13)18-9-12-2-7-15-16(8-12)20-10-19-15/h2-8,11,18H,9-10H2,1H3/t11-/m1/s1. The predicted molar refractivity (Wildman–Crippen MR) is 82.0 cm³/mol. The minimum atomic E-state index is 0.300. The Balaban J connectivity index is 1.63. The second kappa shape index (κ2) is 5.85. The summed E-state index contributed by atoms with van der Waals surface area (Å²) in [4.78, 5) is 0. The first-order valence-corrected chi connectivity index (χ1v) is 7.39. The molecule has 0 saturated carbocycles.